The van der Waals surface area contributed by atoms with Gasteiger partial charge >= 0.3 is 6.09 Å². The maximum atomic E-state index is 10.9. The van der Waals surface area contributed by atoms with Crippen molar-refractivity contribution in [2.24, 2.45) is 0 Å². The Morgan fingerprint density at radius 1 is 1.50 bits per heavy atom. The Morgan fingerprint density at radius 3 is 2.58 bits per heavy atom. The molecule has 0 aromatic carbocycles. The fourth-order valence-corrected chi connectivity index (χ4v) is 1.34. The first-order valence-electron chi connectivity index (χ1n) is 4.38. The fraction of sp³-hybridized carbons (Fsp3) is 0.875. The number of hydrogen-bond donors (Lipinski definition) is 2. The van der Waals surface area contributed by atoms with Gasteiger partial charge in [-0.1, -0.05) is 0 Å². The molecule has 4 nitrogen and oxygen atoms in total. The van der Waals surface area contributed by atoms with Gasteiger partial charge in [-0.15, -0.1) is 0 Å². The Hall–Kier alpha value is -0.770. The summed E-state index contributed by atoms with van der Waals surface area (Å²) in [7, 11) is 1.91. The average molecular weight is 172 g/mol. The van der Waals surface area contributed by atoms with Crippen LogP contribution in [0.15, 0.2) is 0 Å². The van der Waals surface area contributed by atoms with Gasteiger partial charge in [-0.2, -0.15) is 0 Å². The third kappa shape index (κ3) is 2.11. The Labute approximate surface area is 72.7 Å². The first-order chi connectivity index (χ1) is 5.77. The summed E-state index contributed by atoms with van der Waals surface area (Å²) in [5.74, 6) is 0. The number of hydrogen-bond acceptors (Lipinski definition) is 3. The Bertz CT molecular complexity index is 159. The third-order valence-corrected chi connectivity index (χ3v) is 2.22. The van der Waals surface area contributed by atoms with Crippen molar-refractivity contribution < 1.29 is 9.53 Å². The number of ether oxygens (including phenoxy) is 1. The molecule has 2 atom stereocenters. The molecule has 0 radical (unpaired) electrons. The zero-order chi connectivity index (χ0) is 8.97. The van der Waals surface area contributed by atoms with Crippen molar-refractivity contribution in [3.8, 4) is 0 Å². The zero-order valence-electron chi connectivity index (χ0n) is 7.59. The molecule has 1 amide bonds. The predicted octanol–water partition coefficient (Wildman–Crippen LogP) is 0.483. The summed E-state index contributed by atoms with van der Waals surface area (Å²) < 4.78 is 4.76. The van der Waals surface area contributed by atoms with E-state index in [2.05, 4.69) is 10.6 Å². The maximum Gasteiger partial charge on any atom is 0.407 e. The Morgan fingerprint density at radius 2 is 2.17 bits per heavy atom. The summed E-state index contributed by atoms with van der Waals surface area (Å²) in [6, 6.07) is 0.684. The lowest BCUT2D eigenvalue weighted by Gasteiger charge is -2.36. The quantitative estimate of drug-likeness (QED) is 0.651. The van der Waals surface area contributed by atoms with Gasteiger partial charge in [0.25, 0.3) is 0 Å². The smallest absolute Gasteiger partial charge is 0.407 e. The predicted molar refractivity (Wildman–Crippen MR) is 46.0 cm³/mol. The lowest BCUT2D eigenvalue weighted by Crippen LogP contribution is -2.55. The Balaban J connectivity index is 2.18. The molecule has 1 aliphatic carbocycles. The zero-order valence-corrected chi connectivity index (χ0v) is 7.59. The van der Waals surface area contributed by atoms with Crippen LogP contribution >= 0.6 is 0 Å². The molecule has 1 aliphatic rings. The van der Waals surface area contributed by atoms with E-state index in [1.54, 1.807) is 6.92 Å². The van der Waals surface area contributed by atoms with Crippen LogP contribution in [-0.2, 0) is 4.74 Å². The molecule has 0 heterocycles. The van der Waals surface area contributed by atoms with E-state index in [-0.39, 0.29) is 12.1 Å². The van der Waals surface area contributed by atoms with E-state index in [1.165, 1.54) is 0 Å². The highest BCUT2D eigenvalue weighted by Crippen LogP contribution is 2.19. The summed E-state index contributed by atoms with van der Waals surface area (Å²) in [6.45, 7) is 2.23. The molecule has 0 saturated heterocycles. The number of likely N-dealkylation sites (N-methyl/N-ethyl adjacent to an activating group) is 1. The van der Waals surface area contributed by atoms with Crippen LogP contribution in [0.5, 0.6) is 0 Å². The van der Waals surface area contributed by atoms with E-state index >= 15 is 0 Å². The summed E-state index contributed by atoms with van der Waals surface area (Å²) >= 11 is 0. The van der Waals surface area contributed by atoms with Crippen LogP contribution in [-0.4, -0.2) is 31.8 Å². The SMILES string of the molecule is CCOC(=O)N[C@H]1CC[C@@H]1NC. The molecule has 12 heavy (non-hydrogen) atoms. The highest BCUT2D eigenvalue weighted by atomic mass is 16.5. The second kappa shape index (κ2) is 4.30. The molecule has 1 saturated carbocycles. The highest BCUT2D eigenvalue weighted by molar-refractivity contribution is 5.67. The summed E-state index contributed by atoms with van der Waals surface area (Å²) in [4.78, 5) is 10.9. The molecule has 0 aromatic rings. The maximum absolute atomic E-state index is 10.9. The monoisotopic (exact) mass is 172 g/mol. The van der Waals surface area contributed by atoms with Crippen molar-refractivity contribution in [3.63, 3.8) is 0 Å². The molecule has 1 rings (SSSR count). The number of nitrogens with one attached hydrogen (secondary N) is 2. The molecule has 0 spiro atoms. The largest absolute Gasteiger partial charge is 0.450 e. The minimum absolute atomic E-state index is 0.258. The molecule has 0 unspecified atom stereocenters. The number of alkyl carbamates (subject to hydrolysis) is 1. The molecule has 2 N–H and O–H groups in total. The van der Waals surface area contributed by atoms with Gasteiger partial charge in [0.15, 0.2) is 0 Å². The van der Waals surface area contributed by atoms with Gasteiger partial charge in [0.1, 0.15) is 0 Å². The molecular weight excluding hydrogens is 156 g/mol. The summed E-state index contributed by atoms with van der Waals surface area (Å²) in [5.41, 5.74) is 0. The van der Waals surface area contributed by atoms with E-state index in [1.807, 2.05) is 7.05 Å². The van der Waals surface area contributed by atoms with E-state index in [9.17, 15) is 4.79 Å². The van der Waals surface area contributed by atoms with Gasteiger partial charge in [-0.05, 0) is 26.8 Å². The third-order valence-electron chi connectivity index (χ3n) is 2.22. The summed E-state index contributed by atoms with van der Waals surface area (Å²) in [5, 5.41) is 5.92. The summed E-state index contributed by atoms with van der Waals surface area (Å²) in [6.07, 6.45) is 1.88. The van der Waals surface area contributed by atoms with Gasteiger partial charge in [-0.3, -0.25) is 0 Å². The molecular formula is C8H16N2O2. The van der Waals surface area contributed by atoms with Crippen molar-refractivity contribution in [1.82, 2.24) is 10.6 Å². The standard InChI is InChI=1S/C8H16N2O2/c1-3-12-8(11)10-7-5-4-6(7)9-2/h6-7,9H,3-5H2,1-2H3,(H,10,11)/t6-,7-/m0/s1. The van der Waals surface area contributed by atoms with Gasteiger partial charge < -0.3 is 15.4 Å². The molecule has 4 heteroatoms. The average Bonchev–Trinajstić information content (AvgIpc) is 2.00. The fourth-order valence-electron chi connectivity index (χ4n) is 1.34. The van der Waals surface area contributed by atoms with Crippen LogP contribution in [0.3, 0.4) is 0 Å². The van der Waals surface area contributed by atoms with Gasteiger partial charge in [0, 0.05) is 12.1 Å². The van der Waals surface area contributed by atoms with Gasteiger partial charge in [0.2, 0.25) is 0 Å². The normalized spacial score (nSPS) is 27.5. The van der Waals surface area contributed by atoms with Crippen LogP contribution in [0.4, 0.5) is 4.79 Å². The van der Waals surface area contributed by atoms with Crippen LogP contribution in [0.25, 0.3) is 0 Å². The van der Waals surface area contributed by atoms with Crippen LogP contribution in [0.1, 0.15) is 19.8 Å². The van der Waals surface area contributed by atoms with Crippen molar-refractivity contribution in [2.75, 3.05) is 13.7 Å². The lowest BCUT2D eigenvalue weighted by atomic mass is 9.87. The van der Waals surface area contributed by atoms with Crippen molar-refractivity contribution in [2.45, 2.75) is 31.8 Å². The minimum atomic E-state index is -0.303. The van der Waals surface area contributed by atoms with Gasteiger partial charge in [-0.25, -0.2) is 4.79 Å². The number of carbonyl (C=O) groups is 1. The number of carbonyl (C=O) groups excluding carboxylic acids is 1. The van der Waals surface area contributed by atoms with Crippen LogP contribution in [0.2, 0.25) is 0 Å². The lowest BCUT2D eigenvalue weighted by molar-refractivity contribution is 0.135. The topological polar surface area (TPSA) is 50.4 Å². The first-order valence-corrected chi connectivity index (χ1v) is 4.38. The van der Waals surface area contributed by atoms with Crippen LogP contribution < -0.4 is 10.6 Å². The molecule has 0 bridgehead atoms. The second-order valence-electron chi connectivity index (χ2n) is 2.94. The molecule has 1 fully saturated rings. The van der Waals surface area contributed by atoms with E-state index in [4.69, 9.17) is 4.74 Å². The highest BCUT2D eigenvalue weighted by Gasteiger charge is 2.30. The van der Waals surface area contributed by atoms with Gasteiger partial charge in [0.05, 0.1) is 6.61 Å². The molecule has 0 aliphatic heterocycles. The van der Waals surface area contributed by atoms with Crippen molar-refractivity contribution >= 4 is 6.09 Å². The van der Waals surface area contributed by atoms with Crippen molar-refractivity contribution in [3.05, 3.63) is 0 Å². The minimum Gasteiger partial charge on any atom is -0.450 e. The Kier molecular flexibility index (Phi) is 3.34. The first kappa shape index (κ1) is 9.32. The van der Waals surface area contributed by atoms with E-state index in [0.29, 0.717) is 12.6 Å². The number of amides is 1. The van der Waals surface area contributed by atoms with E-state index < -0.39 is 0 Å². The number of rotatable bonds is 3. The van der Waals surface area contributed by atoms with Crippen molar-refractivity contribution in [1.29, 1.82) is 0 Å². The second-order valence-corrected chi connectivity index (χ2v) is 2.94. The molecule has 0 aromatic heterocycles. The molecule has 70 valence electrons. The van der Waals surface area contributed by atoms with Crippen LogP contribution in [0, 0.1) is 0 Å². The van der Waals surface area contributed by atoms with E-state index in [0.717, 1.165) is 12.8 Å².